The van der Waals surface area contributed by atoms with Crippen LogP contribution in [-0.2, 0) is 0 Å². The Bertz CT molecular complexity index is 6170. The normalized spacial score (nSPS) is 12.0. The Hall–Kier alpha value is -9.51. The second-order valence-corrected chi connectivity index (χ2v) is 33.4. The topological polar surface area (TPSA) is 56.6 Å². The van der Waals surface area contributed by atoms with Crippen molar-refractivity contribution < 1.29 is 18.9 Å². The van der Waals surface area contributed by atoms with E-state index in [9.17, 15) is 0 Å². The van der Waals surface area contributed by atoms with E-state index >= 15 is 0 Å². The molecule has 0 N–H and O–H groups in total. The van der Waals surface area contributed by atoms with Crippen LogP contribution in [0.1, 0.15) is 0 Å². The van der Waals surface area contributed by atoms with Crippen LogP contribution in [0.2, 0.25) is 0 Å². The van der Waals surface area contributed by atoms with Crippen LogP contribution in [0.3, 0.4) is 0 Å². The van der Waals surface area contributed by atoms with Gasteiger partial charge < -0.3 is 37.2 Å². The van der Waals surface area contributed by atoms with E-state index in [2.05, 4.69) is 356 Å². The molecule has 0 saturated heterocycles. The molecule has 2 aliphatic heterocycles. The highest BCUT2D eigenvalue weighted by molar-refractivity contribution is 9.69. The zero-order valence-corrected chi connectivity index (χ0v) is 62.2. The van der Waals surface area contributed by atoms with Crippen LogP contribution in [0.5, 0.6) is 46.0 Å². The molecule has 14 aromatic carbocycles. The number of nitrogens with zero attached hydrogens (tertiary/aromatic N) is 4. The van der Waals surface area contributed by atoms with E-state index in [0.717, 1.165) is 98.7 Å². The number of aromatic nitrogens is 4. The third-order valence-corrected chi connectivity index (χ3v) is 21.0. The highest BCUT2D eigenvalue weighted by atomic mass is 79.9. The van der Waals surface area contributed by atoms with Gasteiger partial charge in [0.2, 0.25) is 0 Å². The SMILES string of the molecule is BrB(Br)Br.Brc1ccccc1Oc1cc(-n2c3ccccc3c3ccc4c(c5ccccc5n4-c4ccccc4)c32)cc(Oc2ccccc2Br)c1Br.c1ccc(-n2c3ccccc3c3c2ccc2c4ccccc4n(-c4cc5c6c(c4)Oc4ccccc4B6c4ccccc4O5)c23)cc1. The van der Waals surface area contributed by atoms with E-state index in [-0.39, 0.29) is 9.90 Å². The molecule has 0 bridgehead atoms. The summed E-state index contributed by atoms with van der Waals surface area (Å²) in [5, 5.41) is 9.56. The molecule has 16 heteroatoms. The highest BCUT2D eigenvalue weighted by Crippen LogP contribution is 2.49. The molecule has 0 aliphatic carbocycles. The van der Waals surface area contributed by atoms with Crippen LogP contribution in [0, 0.1) is 0 Å². The van der Waals surface area contributed by atoms with Crippen molar-refractivity contribution in [2.75, 3.05) is 0 Å². The maximum absolute atomic E-state index is 6.72. The Labute approximate surface area is 625 Å². The minimum atomic E-state index is 0.0395. The van der Waals surface area contributed by atoms with Crippen LogP contribution in [0.4, 0.5) is 0 Å². The van der Waals surface area contributed by atoms with Crippen molar-refractivity contribution in [3.63, 3.8) is 0 Å². The number of ether oxygens (including phenoxy) is 4. The molecule has 18 aromatic rings. The maximum Gasteiger partial charge on any atom is 0.369 e. The van der Waals surface area contributed by atoms with Crippen molar-refractivity contribution >= 4 is 209 Å². The van der Waals surface area contributed by atoms with Crippen molar-refractivity contribution in [3.8, 4) is 68.7 Å². The van der Waals surface area contributed by atoms with Gasteiger partial charge in [-0.2, -0.15) is 0 Å². The minimum absolute atomic E-state index is 0.0395. The lowest BCUT2D eigenvalue weighted by molar-refractivity contribution is 0.451. The summed E-state index contributed by atoms with van der Waals surface area (Å²) in [5.41, 5.74) is 16.7. The molecular formula is C84H50B2Br6N4O4. The fraction of sp³-hybridized carbons (Fsp3) is 0. The van der Waals surface area contributed by atoms with Gasteiger partial charge in [0.15, 0.2) is 0 Å². The second-order valence-electron chi connectivity index (χ2n) is 24.4. The average Bonchev–Trinajstić information content (AvgIpc) is 1.46. The summed E-state index contributed by atoms with van der Waals surface area (Å²) in [6, 6.07) is 106. The molecular weight excluding hydrogens is 1630 g/mol. The molecule has 100 heavy (non-hydrogen) atoms. The third-order valence-electron chi connectivity index (χ3n) is 18.9. The molecule has 0 fully saturated rings. The summed E-state index contributed by atoms with van der Waals surface area (Å²) in [6.45, 7) is 0.0395. The van der Waals surface area contributed by atoms with Crippen LogP contribution in [-0.4, -0.2) is 28.2 Å². The highest BCUT2D eigenvalue weighted by Gasteiger charge is 2.40. The largest absolute Gasteiger partial charge is 0.458 e. The van der Waals surface area contributed by atoms with Gasteiger partial charge in [0, 0.05) is 84.2 Å². The summed E-state index contributed by atoms with van der Waals surface area (Å²) in [4.78, 5) is 0. The first-order chi connectivity index (χ1) is 49.1. The standard InChI is InChI=1S/C42H25BN2O2.C42H25Br3N2O2.BBr3/c1-2-12-26(13-3-1)44-34-19-9-5-15-30(34)40-35(44)23-22-29-28-14-4-8-18-33(28)45(42(29)40)27-24-38-41-39(25-27)47-37-21-11-7-17-32(37)43(41)31-16-6-10-20-36(31)46-38;43-31-16-6-10-20-36(31)48-38-24-27(25-39(41(38)45)49-37-21-11-7-17-32(37)44)47-33-18-8-4-14-28(33)29-22-23-35-40(42(29)47)30-15-5-9-19-34(30)46(35)26-12-2-1-3-13-26;2-1(3)4/h1-25H;1-25H;. The molecule has 0 spiro atoms. The first-order valence-electron chi connectivity index (χ1n) is 32.5. The van der Waals surface area contributed by atoms with Crippen molar-refractivity contribution in [1.29, 1.82) is 0 Å². The molecule has 4 aromatic heterocycles. The zero-order valence-electron chi connectivity index (χ0n) is 52.7. The molecule has 20 rings (SSSR count). The summed E-state index contributed by atoms with van der Waals surface area (Å²) in [7, 11) is 0. The lowest BCUT2D eigenvalue weighted by Crippen LogP contribution is -2.57. The van der Waals surface area contributed by atoms with E-state index in [1.165, 1.54) is 59.6 Å². The Morgan fingerprint density at radius 3 is 1.07 bits per heavy atom. The van der Waals surface area contributed by atoms with Gasteiger partial charge in [-0.3, -0.25) is 0 Å². The number of hydrogen-bond acceptors (Lipinski definition) is 4. The van der Waals surface area contributed by atoms with Crippen molar-refractivity contribution in [3.05, 3.63) is 317 Å². The van der Waals surface area contributed by atoms with Gasteiger partial charge in [0.05, 0.1) is 64.5 Å². The van der Waals surface area contributed by atoms with E-state index in [1.807, 2.05) is 60.7 Å². The molecule has 6 heterocycles. The van der Waals surface area contributed by atoms with Gasteiger partial charge in [-0.1, -0.05) is 182 Å². The number of benzene rings is 14. The first kappa shape index (κ1) is 62.7. The fourth-order valence-corrected chi connectivity index (χ4v) is 16.0. The van der Waals surface area contributed by atoms with E-state index in [1.54, 1.807) is 0 Å². The van der Waals surface area contributed by atoms with E-state index in [4.69, 9.17) is 18.9 Å². The Morgan fingerprint density at radius 1 is 0.290 bits per heavy atom. The number of fused-ring (bicyclic) bond motifs is 18. The molecule has 0 atom stereocenters. The van der Waals surface area contributed by atoms with Crippen molar-refractivity contribution in [2.45, 2.75) is 0 Å². The van der Waals surface area contributed by atoms with Crippen LogP contribution in [0.25, 0.3) is 110 Å². The van der Waals surface area contributed by atoms with Crippen molar-refractivity contribution in [1.82, 2.24) is 18.3 Å². The van der Waals surface area contributed by atoms with Gasteiger partial charge in [0.25, 0.3) is 6.71 Å². The number of halogens is 6. The number of hydrogen-bond donors (Lipinski definition) is 0. The maximum atomic E-state index is 6.72. The second kappa shape index (κ2) is 25.9. The van der Waals surface area contributed by atoms with Crippen LogP contribution < -0.4 is 35.3 Å². The van der Waals surface area contributed by atoms with Gasteiger partial charge >= 0.3 is 3.18 Å². The van der Waals surface area contributed by atoms with Crippen molar-refractivity contribution in [2.24, 2.45) is 0 Å². The van der Waals surface area contributed by atoms with E-state index < -0.39 is 0 Å². The smallest absolute Gasteiger partial charge is 0.369 e. The van der Waals surface area contributed by atoms with Gasteiger partial charge in [-0.15, -0.1) is 47.3 Å². The number of rotatable bonds is 8. The molecule has 478 valence electrons. The Morgan fingerprint density at radius 2 is 0.640 bits per heavy atom. The third kappa shape index (κ3) is 10.6. The monoisotopic (exact) mass is 1670 g/mol. The fourth-order valence-electron chi connectivity index (χ4n) is 14.9. The summed E-state index contributed by atoms with van der Waals surface area (Å²) in [5.74, 6) is 6.08. The molecule has 2 aliphatic rings. The van der Waals surface area contributed by atoms with Gasteiger partial charge in [0.1, 0.15) is 50.5 Å². The molecule has 0 radical (unpaired) electrons. The lowest BCUT2D eigenvalue weighted by Gasteiger charge is -2.33. The predicted molar refractivity (Wildman–Crippen MR) is 437 cm³/mol. The Balaban J connectivity index is 0.000000137. The molecule has 0 saturated carbocycles. The summed E-state index contributed by atoms with van der Waals surface area (Å²) >= 11 is 20.5. The van der Waals surface area contributed by atoms with Gasteiger partial charge in [-0.05, 0) is 156 Å². The first-order valence-corrected chi connectivity index (χ1v) is 37.6. The van der Waals surface area contributed by atoms with Crippen LogP contribution >= 0.6 is 95.1 Å². The average molecular weight is 1680 g/mol. The summed E-state index contributed by atoms with van der Waals surface area (Å²) < 4.78 is 38.9. The molecule has 0 unspecified atom stereocenters. The van der Waals surface area contributed by atoms with Crippen LogP contribution in [0.15, 0.2) is 317 Å². The zero-order chi connectivity index (χ0) is 67.3. The molecule has 8 nitrogen and oxygen atoms in total. The lowest BCUT2D eigenvalue weighted by atomic mass is 9.35. The number of para-hydroxylation sites is 10. The quantitative estimate of drug-likeness (QED) is 0.142. The minimum Gasteiger partial charge on any atom is -0.458 e. The van der Waals surface area contributed by atoms with E-state index in [0.29, 0.717) is 27.5 Å². The molecule has 0 amide bonds. The van der Waals surface area contributed by atoms with Gasteiger partial charge in [-0.25, -0.2) is 0 Å². The predicted octanol–water partition coefficient (Wildman–Crippen LogP) is 24.5. The summed E-state index contributed by atoms with van der Waals surface area (Å²) in [6.07, 6.45) is 0. The Kier molecular flexibility index (Phi) is 16.2.